The van der Waals surface area contributed by atoms with E-state index >= 15 is 0 Å². The van der Waals surface area contributed by atoms with Gasteiger partial charge in [0.15, 0.2) is 0 Å². The molecule has 3 N–H and O–H groups in total. The molecular formula is C26H27BN2O5. The van der Waals surface area contributed by atoms with Gasteiger partial charge < -0.3 is 25.0 Å². The summed E-state index contributed by atoms with van der Waals surface area (Å²) in [5.74, 6) is 0.558. The van der Waals surface area contributed by atoms with E-state index in [2.05, 4.69) is 5.32 Å². The molecule has 3 aromatic carbocycles. The lowest BCUT2D eigenvalue weighted by molar-refractivity contribution is -0.135. The molecule has 0 aliphatic carbocycles. The van der Waals surface area contributed by atoms with E-state index < -0.39 is 13.2 Å². The maximum atomic E-state index is 12.8. The van der Waals surface area contributed by atoms with Crippen LogP contribution in [0.5, 0.6) is 5.75 Å². The topological polar surface area (TPSA) is 99.1 Å². The van der Waals surface area contributed by atoms with Gasteiger partial charge in [0, 0.05) is 19.5 Å². The standard InChI is InChI=1S/C26H27BN2O5/c30-25-15-14-24(29(25)17-20-4-2-1-3-5-20)26(31)28-16-19-8-12-23(13-9-19)34-18-21-6-10-22(11-7-21)27(32)33/h1-13,24,32-33H,14-18H2,(H,28,31)/t24-/m0/s1. The Kier molecular flexibility index (Phi) is 7.62. The van der Waals surface area contributed by atoms with Crippen LogP contribution in [0.25, 0.3) is 0 Å². The molecule has 34 heavy (non-hydrogen) atoms. The normalized spacial score (nSPS) is 15.3. The van der Waals surface area contributed by atoms with Crippen molar-refractivity contribution in [3.05, 3.63) is 95.6 Å². The van der Waals surface area contributed by atoms with E-state index in [1.165, 1.54) is 0 Å². The van der Waals surface area contributed by atoms with Crippen molar-refractivity contribution in [2.45, 2.75) is 38.6 Å². The third kappa shape index (κ3) is 6.04. The van der Waals surface area contributed by atoms with Crippen LogP contribution >= 0.6 is 0 Å². The number of ether oxygens (including phenoxy) is 1. The summed E-state index contributed by atoms with van der Waals surface area (Å²) in [5.41, 5.74) is 3.28. The maximum Gasteiger partial charge on any atom is 0.488 e. The lowest BCUT2D eigenvalue weighted by atomic mass is 9.80. The van der Waals surface area contributed by atoms with Gasteiger partial charge in [0.2, 0.25) is 11.8 Å². The fraction of sp³-hybridized carbons (Fsp3) is 0.231. The van der Waals surface area contributed by atoms with Gasteiger partial charge in [-0.15, -0.1) is 0 Å². The third-order valence-electron chi connectivity index (χ3n) is 5.90. The van der Waals surface area contributed by atoms with Gasteiger partial charge in [-0.3, -0.25) is 9.59 Å². The van der Waals surface area contributed by atoms with Crippen molar-refractivity contribution in [2.75, 3.05) is 0 Å². The first-order chi connectivity index (χ1) is 16.5. The molecule has 0 spiro atoms. The molecule has 8 heteroatoms. The first-order valence-electron chi connectivity index (χ1n) is 11.3. The molecule has 1 aliphatic heterocycles. The molecule has 2 amide bonds. The first kappa shape index (κ1) is 23.5. The van der Waals surface area contributed by atoms with E-state index in [0.29, 0.717) is 43.8 Å². The van der Waals surface area contributed by atoms with Crippen LogP contribution in [-0.2, 0) is 29.3 Å². The zero-order valence-electron chi connectivity index (χ0n) is 18.8. The van der Waals surface area contributed by atoms with E-state index in [-0.39, 0.29) is 11.8 Å². The number of benzene rings is 3. The summed E-state index contributed by atoms with van der Waals surface area (Å²) >= 11 is 0. The number of rotatable bonds is 9. The monoisotopic (exact) mass is 458 g/mol. The molecule has 1 heterocycles. The minimum Gasteiger partial charge on any atom is -0.489 e. The highest BCUT2D eigenvalue weighted by Crippen LogP contribution is 2.22. The molecule has 3 aromatic rings. The van der Waals surface area contributed by atoms with Gasteiger partial charge in [-0.1, -0.05) is 66.7 Å². The average Bonchev–Trinajstić information content (AvgIpc) is 3.22. The zero-order valence-corrected chi connectivity index (χ0v) is 18.8. The highest BCUT2D eigenvalue weighted by atomic mass is 16.5. The van der Waals surface area contributed by atoms with Crippen LogP contribution < -0.4 is 15.5 Å². The largest absolute Gasteiger partial charge is 0.489 e. The van der Waals surface area contributed by atoms with Crippen molar-refractivity contribution in [1.29, 1.82) is 0 Å². The molecule has 7 nitrogen and oxygen atoms in total. The van der Waals surface area contributed by atoms with Gasteiger partial charge in [0.25, 0.3) is 0 Å². The van der Waals surface area contributed by atoms with Crippen LogP contribution in [0.3, 0.4) is 0 Å². The fourth-order valence-electron chi connectivity index (χ4n) is 3.95. The van der Waals surface area contributed by atoms with E-state index in [0.717, 1.165) is 16.7 Å². The predicted molar refractivity (Wildman–Crippen MR) is 129 cm³/mol. The second-order valence-corrected chi connectivity index (χ2v) is 8.33. The predicted octanol–water partition coefficient (Wildman–Crippen LogP) is 1.75. The van der Waals surface area contributed by atoms with Gasteiger partial charge in [0.1, 0.15) is 18.4 Å². The van der Waals surface area contributed by atoms with Crippen molar-refractivity contribution < 1.29 is 24.4 Å². The van der Waals surface area contributed by atoms with E-state index in [1.54, 1.807) is 29.2 Å². The fourth-order valence-corrected chi connectivity index (χ4v) is 3.95. The lowest BCUT2D eigenvalue weighted by Crippen LogP contribution is -2.44. The lowest BCUT2D eigenvalue weighted by Gasteiger charge is -2.24. The number of amides is 2. The Morgan fingerprint density at radius 3 is 2.29 bits per heavy atom. The van der Waals surface area contributed by atoms with Crippen LogP contribution in [0, 0.1) is 0 Å². The number of nitrogens with one attached hydrogen (secondary N) is 1. The maximum absolute atomic E-state index is 12.8. The van der Waals surface area contributed by atoms with Crippen LogP contribution in [0.1, 0.15) is 29.5 Å². The van der Waals surface area contributed by atoms with Crippen molar-refractivity contribution >= 4 is 24.4 Å². The van der Waals surface area contributed by atoms with Crippen molar-refractivity contribution in [3.8, 4) is 5.75 Å². The minimum absolute atomic E-state index is 0.00711. The summed E-state index contributed by atoms with van der Waals surface area (Å²) < 4.78 is 5.78. The Morgan fingerprint density at radius 1 is 0.941 bits per heavy atom. The summed E-state index contributed by atoms with van der Waals surface area (Å²) in [6, 6.07) is 23.6. The number of hydrogen-bond acceptors (Lipinski definition) is 5. The van der Waals surface area contributed by atoms with Gasteiger partial charge in [-0.2, -0.15) is 0 Å². The van der Waals surface area contributed by atoms with Gasteiger partial charge in [-0.05, 0) is 40.7 Å². The SMILES string of the molecule is O=C(NCc1ccc(OCc2ccc(B(O)O)cc2)cc1)[C@@H]1CCC(=O)N1Cc1ccccc1. The molecule has 0 radical (unpaired) electrons. The Morgan fingerprint density at radius 2 is 1.62 bits per heavy atom. The van der Waals surface area contributed by atoms with Crippen LogP contribution in [0.2, 0.25) is 0 Å². The third-order valence-corrected chi connectivity index (χ3v) is 5.90. The summed E-state index contributed by atoms with van der Waals surface area (Å²) in [5, 5.41) is 21.3. The van der Waals surface area contributed by atoms with Crippen molar-refractivity contribution in [2.24, 2.45) is 0 Å². The second-order valence-electron chi connectivity index (χ2n) is 8.33. The van der Waals surface area contributed by atoms with E-state index in [4.69, 9.17) is 14.8 Å². The Hall–Kier alpha value is -3.62. The molecule has 0 bridgehead atoms. The van der Waals surface area contributed by atoms with E-state index in [1.807, 2.05) is 54.6 Å². The first-order valence-corrected chi connectivity index (χ1v) is 11.3. The number of nitrogens with zero attached hydrogens (tertiary/aromatic N) is 1. The summed E-state index contributed by atoms with van der Waals surface area (Å²) in [6.45, 7) is 1.16. The minimum atomic E-state index is -1.48. The average molecular weight is 458 g/mol. The highest BCUT2D eigenvalue weighted by molar-refractivity contribution is 6.58. The van der Waals surface area contributed by atoms with E-state index in [9.17, 15) is 9.59 Å². The molecular weight excluding hydrogens is 431 g/mol. The number of carbonyl (C=O) groups is 2. The molecule has 1 aliphatic rings. The second kappa shape index (κ2) is 11.0. The molecule has 174 valence electrons. The Balaban J connectivity index is 1.27. The Labute approximate surface area is 199 Å². The number of likely N-dealkylation sites (tertiary alicyclic amines) is 1. The van der Waals surface area contributed by atoms with Crippen molar-refractivity contribution in [3.63, 3.8) is 0 Å². The van der Waals surface area contributed by atoms with Gasteiger partial charge in [-0.25, -0.2) is 0 Å². The van der Waals surface area contributed by atoms with Gasteiger partial charge >= 0.3 is 7.12 Å². The molecule has 0 unspecified atom stereocenters. The molecule has 1 fully saturated rings. The zero-order chi connectivity index (χ0) is 23.9. The summed E-state index contributed by atoms with van der Waals surface area (Å²) in [6.07, 6.45) is 0.919. The smallest absolute Gasteiger partial charge is 0.488 e. The quantitative estimate of drug-likeness (QED) is 0.425. The highest BCUT2D eigenvalue weighted by Gasteiger charge is 2.35. The molecule has 0 saturated carbocycles. The van der Waals surface area contributed by atoms with Crippen molar-refractivity contribution in [1.82, 2.24) is 10.2 Å². The molecule has 1 atom stereocenters. The molecule has 1 saturated heterocycles. The van der Waals surface area contributed by atoms with Crippen LogP contribution in [0.15, 0.2) is 78.9 Å². The summed E-state index contributed by atoms with van der Waals surface area (Å²) in [4.78, 5) is 26.8. The van der Waals surface area contributed by atoms with Crippen LogP contribution in [0.4, 0.5) is 0 Å². The Bertz CT molecular complexity index is 1100. The number of carbonyl (C=O) groups excluding carboxylic acids is 2. The molecule has 0 aromatic heterocycles. The van der Waals surface area contributed by atoms with Gasteiger partial charge in [0.05, 0.1) is 0 Å². The number of hydrogen-bond donors (Lipinski definition) is 3. The molecule has 4 rings (SSSR count). The van der Waals surface area contributed by atoms with Crippen LogP contribution in [-0.4, -0.2) is 39.9 Å². The summed E-state index contributed by atoms with van der Waals surface area (Å²) in [7, 11) is -1.48.